The number of phenolic OH excluding ortho intramolecular Hbond substituents is 1. The molecule has 0 aliphatic rings. The van der Waals surface area contributed by atoms with Crippen molar-refractivity contribution in [2.45, 2.75) is 26.3 Å². The number of amides is 1. The summed E-state index contributed by atoms with van der Waals surface area (Å²) in [7, 11) is 1.43. The highest BCUT2D eigenvalue weighted by atomic mass is 16.5. The number of methoxy groups -OCH3 is 1. The molecule has 0 saturated heterocycles. The fraction of sp³-hybridized carbons (Fsp3) is 0.375. The molecular formula is C16H21NO5. The summed E-state index contributed by atoms with van der Waals surface area (Å²) in [4.78, 5) is 22.9. The Balaban J connectivity index is 2.72. The summed E-state index contributed by atoms with van der Waals surface area (Å²) >= 11 is 0. The van der Waals surface area contributed by atoms with Gasteiger partial charge in [-0.2, -0.15) is 0 Å². The number of carbonyl (C=O) groups is 2. The van der Waals surface area contributed by atoms with Crippen LogP contribution >= 0.6 is 0 Å². The first-order chi connectivity index (χ1) is 10.3. The maximum absolute atomic E-state index is 11.8. The maximum Gasteiger partial charge on any atom is 0.326 e. The Bertz CT molecular complexity index is 566. The van der Waals surface area contributed by atoms with E-state index in [1.807, 2.05) is 13.8 Å². The van der Waals surface area contributed by atoms with Crippen LogP contribution in [0, 0.1) is 5.92 Å². The molecule has 0 radical (unpaired) electrons. The van der Waals surface area contributed by atoms with Gasteiger partial charge in [0.25, 0.3) is 0 Å². The van der Waals surface area contributed by atoms with Crippen molar-refractivity contribution in [2.75, 3.05) is 7.11 Å². The highest BCUT2D eigenvalue weighted by molar-refractivity contribution is 5.94. The van der Waals surface area contributed by atoms with Crippen molar-refractivity contribution in [3.8, 4) is 11.5 Å². The minimum absolute atomic E-state index is 0.00646. The van der Waals surface area contributed by atoms with Gasteiger partial charge in [-0.1, -0.05) is 19.9 Å². The number of aromatic hydroxyl groups is 1. The van der Waals surface area contributed by atoms with Crippen molar-refractivity contribution in [3.63, 3.8) is 0 Å². The molecule has 0 spiro atoms. The van der Waals surface area contributed by atoms with Crippen LogP contribution in [0.1, 0.15) is 25.8 Å². The molecule has 1 atom stereocenters. The first-order valence-electron chi connectivity index (χ1n) is 6.92. The number of carboxylic acids is 1. The van der Waals surface area contributed by atoms with Crippen molar-refractivity contribution < 1.29 is 24.5 Å². The fourth-order valence-corrected chi connectivity index (χ4v) is 1.88. The topological polar surface area (TPSA) is 95.9 Å². The van der Waals surface area contributed by atoms with E-state index in [0.717, 1.165) is 0 Å². The van der Waals surface area contributed by atoms with Gasteiger partial charge in [-0.3, -0.25) is 4.79 Å². The van der Waals surface area contributed by atoms with Gasteiger partial charge >= 0.3 is 5.97 Å². The zero-order chi connectivity index (χ0) is 16.7. The SMILES string of the molecule is COc1cc(/C=C/C(=O)N[C@@H](CC(C)C)C(=O)O)ccc1O. The number of rotatable bonds is 7. The highest BCUT2D eigenvalue weighted by Gasteiger charge is 2.19. The van der Waals surface area contributed by atoms with Gasteiger partial charge in [0.2, 0.25) is 5.91 Å². The van der Waals surface area contributed by atoms with Gasteiger partial charge in [0.15, 0.2) is 11.5 Å². The van der Waals surface area contributed by atoms with E-state index in [2.05, 4.69) is 5.32 Å². The Kier molecular flexibility index (Phi) is 6.44. The van der Waals surface area contributed by atoms with E-state index in [1.54, 1.807) is 12.1 Å². The van der Waals surface area contributed by atoms with Crippen molar-refractivity contribution in [1.82, 2.24) is 5.32 Å². The van der Waals surface area contributed by atoms with E-state index >= 15 is 0 Å². The Morgan fingerprint density at radius 1 is 1.36 bits per heavy atom. The summed E-state index contributed by atoms with van der Waals surface area (Å²) < 4.78 is 4.97. The first kappa shape index (κ1) is 17.6. The van der Waals surface area contributed by atoms with E-state index < -0.39 is 17.9 Å². The number of hydrogen-bond donors (Lipinski definition) is 3. The monoisotopic (exact) mass is 307 g/mol. The van der Waals surface area contributed by atoms with Crippen molar-refractivity contribution in [3.05, 3.63) is 29.8 Å². The molecule has 120 valence electrons. The van der Waals surface area contributed by atoms with Crippen LogP contribution in [-0.4, -0.2) is 35.2 Å². The molecule has 0 aromatic heterocycles. The Morgan fingerprint density at radius 3 is 2.59 bits per heavy atom. The molecule has 0 fully saturated rings. The molecule has 0 aliphatic carbocycles. The van der Waals surface area contributed by atoms with Crippen molar-refractivity contribution in [2.24, 2.45) is 5.92 Å². The molecule has 1 amide bonds. The number of hydrogen-bond acceptors (Lipinski definition) is 4. The number of carbonyl (C=O) groups excluding carboxylic acids is 1. The summed E-state index contributed by atoms with van der Waals surface area (Å²) in [5.74, 6) is -1.08. The third-order valence-corrected chi connectivity index (χ3v) is 2.95. The minimum Gasteiger partial charge on any atom is -0.504 e. The zero-order valence-corrected chi connectivity index (χ0v) is 12.9. The van der Waals surface area contributed by atoms with E-state index in [0.29, 0.717) is 17.7 Å². The molecule has 0 saturated carbocycles. The lowest BCUT2D eigenvalue weighted by Gasteiger charge is -2.15. The number of carboxylic acid groups (broad SMARTS) is 1. The van der Waals surface area contributed by atoms with Gasteiger partial charge in [-0.15, -0.1) is 0 Å². The second kappa shape index (κ2) is 8.07. The van der Waals surface area contributed by atoms with Crippen LogP contribution in [-0.2, 0) is 9.59 Å². The zero-order valence-electron chi connectivity index (χ0n) is 12.9. The molecule has 1 aromatic carbocycles. The van der Waals surface area contributed by atoms with Crippen LogP contribution < -0.4 is 10.1 Å². The molecule has 0 heterocycles. The van der Waals surface area contributed by atoms with Crippen molar-refractivity contribution in [1.29, 1.82) is 0 Å². The fourth-order valence-electron chi connectivity index (χ4n) is 1.88. The third kappa shape index (κ3) is 5.47. The first-order valence-corrected chi connectivity index (χ1v) is 6.92. The van der Waals surface area contributed by atoms with Crippen molar-refractivity contribution >= 4 is 18.0 Å². The molecule has 0 unspecified atom stereocenters. The van der Waals surface area contributed by atoms with Gasteiger partial charge in [0.05, 0.1) is 7.11 Å². The Labute approximate surface area is 129 Å². The van der Waals surface area contributed by atoms with E-state index in [-0.39, 0.29) is 11.7 Å². The molecule has 0 bridgehead atoms. The third-order valence-electron chi connectivity index (χ3n) is 2.95. The van der Waals surface area contributed by atoms with Gasteiger partial charge in [0, 0.05) is 6.08 Å². The lowest BCUT2D eigenvalue weighted by atomic mass is 10.0. The molecule has 6 nitrogen and oxygen atoms in total. The summed E-state index contributed by atoms with van der Waals surface area (Å²) in [6, 6.07) is 3.73. The van der Waals surface area contributed by atoms with E-state index in [4.69, 9.17) is 9.84 Å². The minimum atomic E-state index is -1.05. The second-order valence-corrected chi connectivity index (χ2v) is 5.29. The predicted molar refractivity (Wildman–Crippen MR) is 82.7 cm³/mol. The standard InChI is InChI=1S/C16H21NO5/c1-10(2)8-12(16(20)21)17-15(19)7-5-11-4-6-13(18)14(9-11)22-3/h4-7,9-10,12,18H,8H2,1-3H3,(H,17,19)(H,20,21)/b7-5+/t12-/m0/s1. The Hall–Kier alpha value is -2.50. The van der Waals surface area contributed by atoms with E-state index in [9.17, 15) is 14.7 Å². The number of ether oxygens (including phenoxy) is 1. The Morgan fingerprint density at radius 2 is 2.05 bits per heavy atom. The summed E-state index contributed by atoms with van der Waals surface area (Å²) in [5, 5.41) is 21.0. The molecule has 1 rings (SSSR count). The lowest BCUT2D eigenvalue weighted by Crippen LogP contribution is -2.40. The number of aliphatic carboxylic acids is 1. The smallest absolute Gasteiger partial charge is 0.326 e. The predicted octanol–water partition coefficient (Wildman–Crippen LogP) is 2.03. The normalized spacial score (nSPS) is 12.4. The number of phenols is 1. The van der Waals surface area contributed by atoms with E-state index in [1.165, 1.54) is 25.3 Å². The number of benzene rings is 1. The maximum atomic E-state index is 11.8. The van der Waals surface area contributed by atoms with Crippen LogP contribution in [0.15, 0.2) is 24.3 Å². The van der Waals surface area contributed by atoms with Crippen LogP contribution in [0.5, 0.6) is 11.5 Å². The molecule has 1 aromatic rings. The molecule has 6 heteroatoms. The number of nitrogens with one attached hydrogen (secondary N) is 1. The molecule has 3 N–H and O–H groups in total. The lowest BCUT2D eigenvalue weighted by molar-refractivity contribution is -0.141. The van der Waals surface area contributed by atoms with Gasteiger partial charge < -0.3 is 20.3 Å². The van der Waals surface area contributed by atoms with Gasteiger partial charge in [0.1, 0.15) is 6.04 Å². The molecule has 22 heavy (non-hydrogen) atoms. The quantitative estimate of drug-likeness (QED) is 0.670. The van der Waals surface area contributed by atoms with Crippen LogP contribution in [0.2, 0.25) is 0 Å². The second-order valence-electron chi connectivity index (χ2n) is 5.29. The largest absolute Gasteiger partial charge is 0.504 e. The highest BCUT2D eigenvalue weighted by Crippen LogP contribution is 2.26. The average molecular weight is 307 g/mol. The summed E-state index contributed by atoms with van der Waals surface area (Å²) in [6.45, 7) is 3.78. The average Bonchev–Trinajstić information content (AvgIpc) is 2.45. The summed E-state index contributed by atoms with van der Waals surface area (Å²) in [5.41, 5.74) is 0.653. The van der Waals surface area contributed by atoms with Crippen LogP contribution in [0.4, 0.5) is 0 Å². The van der Waals surface area contributed by atoms with Gasteiger partial charge in [-0.05, 0) is 36.1 Å². The molecule has 0 aliphatic heterocycles. The van der Waals surface area contributed by atoms with Gasteiger partial charge in [-0.25, -0.2) is 4.79 Å². The van der Waals surface area contributed by atoms with Crippen LogP contribution in [0.3, 0.4) is 0 Å². The summed E-state index contributed by atoms with van der Waals surface area (Å²) in [6.07, 6.45) is 3.13. The van der Waals surface area contributed by atoms with Crippen LogP contribution in [0.25, 0.3) is 6.08 Å². The molecular weight excluding hydrogens is 286 g/mol.